The zero-order valence-corrected chi connectivity index (χ0v) is 10.2. The standard InChI is InChI=1S/C12H23N3/c1-4-11(5-2)12-9-14-10-15(12)8-7-13-6-3/h9-11,13H,4-8H2,1-3H3. The fourth-order valence-electron chi connectivity index (χ4n) is 1.94. The van der Waals surface area contributed by atoms with Crippen LogP contribution in [0.2, 0.25) is 0 Å². The van der Waals surface area contributed by atoms with Crippen LogP contribution in [0.5, 0.6) is 0 Å². The Morgan fingerprint density at radius 3 is 2.67 bits per heavy atom. The monoisotopic (exact) mass is 209 g/mol. The molecule has 0 spiro atoms. The molecule has 0 radical (unpaired) electrons. The summed E-state index contributed by atoms with van der Waals surface area (Å²) in [5.74, 6) is 0.661. The van der Waals surface area contributed by atoms with Gasteiger partial charge in [0.05, 0.1) is 6.33 Å². The van der Waals surface area contributed by atoms with Gasteiger partial charge < -0.3 is 9.88 Å². The molecule has 0 aliphatic rings. The summed E-state index contributed by atoms with van der Waals surface area (Å²) in [6.45, 7) is 9.72. The Balaban J connectivity index is 2.59. The lowest BCUT2D eigenvalue weighted by atomic mass is 10.00. The maximum absolute atomic E-state index is 4.25. The molecule has 15 heavy (non-hydrogen) atoms. The fraction of sp³-hybridized carbons (Fsp3) is 0.750. The fourth-order valence-corrected chi connectivity index (χ4v) is 1.94. The summed E-state index contributed by atoms with van der Waals surface area (Å²) in [6.07, 6.45) is 6.36. The minimum Gasteiger partial charge on any atom is -0.333 e. The highest BCUT2D eigenvalue weighted by Crippen LogP contribution is 2.22. The summed E-state index contributed by atoms with van der Waals surface area (Å²) in [6, 6.07) is 0. The highest BCUT2D eigenvalue weighted by atomic mass is 15.1. The lowest BCUT2D eigenvalue weighted by molar-refractivity contribution is 0.543. The van der Waals surface area contributed by atoms with Crippen LogP contribution in [0.1, 0.15) is 45.2 Å². The molecule has 0 unspecified atom stereocenters. The number of nitrogens with zero attached hydrogens (tertiary/aromatic N) is 2. The number of imidazole rings is 1. The van der Waals surface area contributed by atoms with Crippen LogP contribution in [-0.2, 0) is 6.54 Å². The van der Waals surface area contributed by atoms with Crippen molar-refractivity contribution in [2.75, 3.05) is 13.1 Å². The molecule has 1 N–H and O–H groups in total. The Kier molecular flexibility index (Phi) is 5.40. The van der Waals surface area contributed by atoms with Crippen LogP contribution in [0.25, 0.3) is 0 Å². The maximum Gasteiger partial charge on any atom is 0.0948 e. The molecule has 0 bridgehead atoms. The van der Waals surface area contributed by atoms with Crippen molar-refractivity contribution in [1.82, 2.24) is 14.9 Å². The lowest BCUT2D eigenvalue weighted by Crippen LogP contribution is -2.20. The predicted octanol–water partition coefficient (Wildman–Crippen LogP) is 2.40. The van der Waals surface area contributed by atoms with Gasteiger partial charge in [-0.2, -0.15) is 0 Å². The van der Waals surface area contributed by atoms with Gasteiger partial charge in [-0.15, -0.1) is 0 Å². The molecule has 0 amide bonds. The number of likely N-dealkylation sites (N-methyl/N-ethyl adjacent to an activating group) is 1. The van der Waals surface area contributed by atoms with Crippen LogP contribution >= 0.6 is 0 Å². The average molecular weight is 209 g/mol. The van der Waals surface area contributed by atoms with Gasteiger partial charge in [0.25, 0.3) is 0 Å². The van der Waals surface area contributed by atoms with Crippen molar-refractivity contribution >= 4 is 0 Å². The van der Waals surface area contributed by atoms with Crippen molar-refractivity contribution in [2.24, 2.45) is 0 Å². The van der Waals surface area contributed by atoms with Gasteiger partial charge >= 0.3 is 0 Å². The summed E-state index contributed by atoms with van der Waals surface area (Å²) in [7, 11) is 0. The summed E-state index contributed by atoms with van der Waals surface area (Å²) in [5, 5.41) is 3.34. The van der Waals surface area contributed by atoms with E-state index in [1.807, 2.05) is 12.5 Å². The van der Waals surface area contributed by atoms with Crippen molar-refractivity contribution in [1.29, 1.82) is 0 Å². The number of hydrogen-bond donors (Lipinski definition) is 1. The largest absolute Gasteiger partial charge is 0.333 e. The smallest absolute Gasteiger partial charge is 0.0948 e. The quantitative estimate of drug-likeness (QED) is 0.699. The Bertz CT molecular complexity index is 264. The van der Waals surface area contributed by atoms with Gasteiger partial charge in [0.15, 0.2) is 0 Å². The molecule has 0 aliphatic carbocycles. The van der Waals surface area contributed by atoms with Crippen molar-refractivity contribution in [2.45, 2.75) is 46.1 Å². The second-order valence-corrected chi connectivity index (χ2v) is 3.88. The maximum atomic E-state index is 4.25. The van der Waals surface area contributed by atoms with E-state index in [0.717, 1.165) is 19.6 Å². The molecule has 1 aromatic rings. The van der Waals surface area contributed by atoms with E-state index in [-0.39, 0.29) is 0 Å². The van der Waals surface area contributed by atoms with Gasteiger partial charge in [-0.25, -0.2) is 4.98 Å². The number of nitrogens with one attached hydrogen (secondary N) is 1. The average Bonchev–Trinajstić information content (AvgIpc) is 2.69. The van der Waals surface area contributed by atoms with E-state index in [4.69, 9.17) is 0 Å². The van der Waals surface area contributed by atoms with E-state index in [2.05, 4.69) is 35.6 Å². The third-order valence-electron chi connectivity index (χ3n) is 2.93. The Morgan fingerprint density at radius 1 is 1.33 bits per heavy atom. The Morgan fingerprint density at radius 2 is 2.07 bits per heavy atom. The van der Waals surface area contributed by atoms with Gasteiger partial charge in [-0.05, 0) is 19.4 Å². The molecule has 1 aromatic heterocycles. The molecule has 0 aromatic carbocycles. The van der Waals surface area contributed by atoms with Gasteiger partial charge in [0, 0.05) is 30.9 Å². The molecule has 1 heterocycles. The van der Waals surface area contributed by atoms with E-state index < -0.39 is 0 Å². The second kappa shape index (κ2) is 6.62. The molecular weight excluding hydrogens is 186 g/mol. The number of rotatable bonds is 7. The first-order chi connectivity index (χ1) is 7.33. The summed E-state index contributed by atoms with van der Waals surface area (Å²) >= 11 is 0. The molecule has 0 atom stereocenters. The van der Waals surface area contributed by atoms with E-state index >= 15 is 0 Å². The van der Waals surface area contributed by atoms with Gasteiger partial charge in [0.2, 0.25) is 0 Å². The molecule has 0 saturated heterocycles. The molecule has 0 aliphatic heterocycles. The van der Waals surface area contributed by atoms with Crippen molar-refractivity contribution < 1.29 is 0 Å². The third-order valence-corrected chi connectivity index (χ3v) is 2.93. The zero-order valence-electron chi connectivity index (χ0n) is 10.2. The zero-order chi connectivity index (χ0) is 11.1. The van der Waals surface area contributed by atoms with Crippen LogP contribution in [0.4, 0.5) is 0 Å². The van der Waals surface area contributed by atoms with Crippen LogP contribution < -0.4 is 5.32 Å². The van der Waals surface area contributed by atoms with Crippen LogP contribution in [0.15, 0.2) is 12.5 Å². The second-order valence-electron chi connectivity index (χ2n) is 3.88. The van der Waals surface area contributed by atoms with E-state index in [9.17, 15) is 0 Å². The number of hydrogen-bond acceptors (Lipinski definition) is 2. The normalized spacial score (nSPS) is 11.2. The Hall–Kier alpha value is -0.830. The minimum atomic E-state index is 0.661. The van der Waals surface area contributed by atoms with Gasteiger partial charge in [-0.3, -0.25) is 0 Å². The van der Waals surface area contributed by atoms with Crippen LogP contribution in [-0.4, -0.2) is 22.6 Å². The molecule has 0 saturated carbocycles. The highest BCUT2D eigenvalue weighted by Gasteiger charge is 2.11. The number of aromatic nitrogens is 2. The predicted molar refractivity (Wildman–Crippen MR) is 64.1 cm³/mol. The third kappa shape index (κ3) is 3.34. The lowest BCUT2D eigenvalue weighted by Gasteiger charge is -2.15. The van der Waals surface area contributed by atoms with Crippen molar-refractivity contribution in [3.63, 3.8) is 0 Å². The minimum absolute atomic E-state index is 0.661. The first kappa shape index (κ1) is 12.2. The van der Waals surface area contributed by atoms with Crippen molar-refractivity contribution in [3.8, 4) is 0 Å². The van der Waals surface area contributed by atoms with E-state index in [1.165, 1.54) is 18.5 Å². The topological polar surface area (TPSA) is 29.9 Å². The molecule has 3 nitrogen and oxygen atoms in total. The van der Waals surface area contributed by atoms with E-state index in [0.29, 0.717) is 5.92 Å². The first-order valence-corrected chi connectivity index (χ1v) is 6.04. The van der Waals surface area contributed by atoms with Crippen LogP contribution in [0, 0.1) is 0 Å². The van der Waals surface area contributed by atoms with Gasteiger partial charge in [-0.1, -0.05) is 20.8 Å². The van der Waals surface area contributed by atoms with Crippen molar-refractivity contribution in [3.05, 3.63) is 18.2 Å². The SMILES string of the molecule is CCNCCn1cncc1C(CC)CC. The molecular formula is C12H23N3. The van der Waals surface area contributed by atoms with Crippen LogP contribution in [0.3, 0.4) is 0 Å². The Labute approximate surface area is 92.9 Å². The van der Waals surface area contributed by atoms with Gasteiger partial charge in [0.1, 0.15) is 0 Å². The molecule has 3 heteroatoms. The molecule has 0 fully saturated rings. The summed E-state index contributed by atoms with van der Waals surface area (Å²) in [5.41, 5.74) is 1.39. The molecule has 86 valence electrons. The highest BCUT2D eigenvalue weighted by molar-refractivity contribution is 5.05. The summed E-state index contributed by atoms with van der Waals surface area (Å²) in [4.78, 5) is 4.25. The van der Waals surface area contributed by atoms with E-state index in [1.54, 1.807) is 0 Å². The molecule has 1 rings (SSSR count). The first-order valence-electron chi connectivity index (χ1n) is 6.04. The summed E-state index contributed by atoms with van der Waals surface area (Å²) < 4.78 is 2.28.